The molecule has 0 N–H and O–H groups in total. The Kier molecular flexibility index (Phi) is 5.83. The fourth-order valence-electron chi connectivity index (χ4n) is 3.20. The van der Waals surface area contributed by atoms with E-state index in [4.69, 9.17) is 4.74 Å². The fourth-order valence-corrected chi connectivity index (χ4v) is 3.20. The van der Waals surface area contributed by atoms with Gasteiger partial charge in [-0.05, 0) is 29.5 Å². The Labute approximate surface area is 158 Å². The second kappa shape index (κ2) is 8.28. The number of tetrazole rings is 1. The van der Waals surface area contributed by atoms with Crippen LogP contribution in [0.4, 0.5) is 0 Å². The zero-order valence-corrected chi connectivity index (χ0v) is 16.0. The van der Waals surface area contributed by atoms with Crippen LogP contribution in [0, 0.1) is 5.92 Å². The first-order chi connectivity index (χ1) is 13.0. The van der Waals surface area contributed by atoms with Crippen LogP contribution in [-0.2, 0) is 20.9 Å². The Morgan fingerprint density at radius 2 is 1.85 bits per heavy atom. The molecule has 1 aliphatic heterocycles. The summed E-state index contributed by atoms with van der Waals surface area (Å²) in [6.07, 6.45) is 1.24. The molecule has 1 aliphatic rings. The summed E-state index contributed by atoms with van der Waals surface area (Å²) in [5, 5.41) is 12.4. The lowest BCUT2D eigenvalue weighted by Gasteiger charge is -2.30. The van der Waals surface area contributed by atoms with E-state index in [0.717, 1.165) is 5.56 Å². The van der Waals surface area contributed by atoms with Gasteiger partial charge in [0.05, 0.1) is 13.0 Å². The monoisotopic (exact) mass is 371 g/mol. The Morgan fingerprint density at radius 1 is 1.19 bits per heavy atom. The minimum absolute atomic E-state index is 0.0416. The van der Waals surface area contributed by atoms with Gasteiger partial charge in [-0.1, -0.05) is 38.1 Å². The zero-order chi connectivity index (χ0) is 19.4. The number of hydrogen-bond acceptors (Lipinski definition) is 6. The van der Waals surface area contributed by atoms with E-state index in [0.29, 0.717) is 37.7 Å². The van der Waals surface area contributed by atoms with Gasteiger partial charge >= 0.3 is 5.97 Å². The second-order valence-corrected chi connectivity index (χ2v) is 7.10. The molecule has 1 fully saturated rings. The number of nitrogens with zero attached hydrogens (tertiary/aromatic N) is 5. The summed E-state index contributed by atoms with van der Waals surface area (Å²) in [7, 11) is 1.39. The second-order valence-electron chi connectivity index (χ2n) is 7.10. The molecule has 8 nitrogen and oxygen atoms in total. The van der Waals surface area contributed by atoms with Gasteiger partial charge in [0.1, 0.15) is 6.54 Å². The fraction of sp³-hybridized carbons (Fsp3) is 0.526. The number of esters is 1. The molecular formula is C19H25N5O3. The number of benzene rings is 1. The number of aromatic nitrogens is 4. The van der Waals surface area contributed by atoms with Gasteiger partial charge in [0.15, 0.2) is 0 Å². The highest BCUT2D eigenvalue weighted by Gasteiger charge is 2.28. The molecule has 8 heteroatoms. The average Bonchev–Trinajstić information content (AvgIpc) is 3.16. The molecule has 2 aromatic rings. The van der Waals surface area contributed by atoms with Crippen molar-refractivity contribution < 1.29 is 14.3 Å². The van der Waals surface area contributed by atoms with Gasteiger partial charge in [-0.3, -0.25) is 9.59 Å². The van der Waals surface area contributed by atoms with E-state index in [1.807, 2.05) is 12.1 Å². The van der Waals surface area contributed by atoms with E-state index < -0.39 is 0 Å². The van der Waals surface area contributed by atoms with E-state index >= 15 is 0 Å². The maximum Gasteiger partial charge on any atom is 0.308 e. The summed E-state index contributed by atoms with van der Waals surface area (Å²) in [5.41, 5.74) is 2.12. The van der Waals surface area contributed by atoms with Gasteiger partial charge in [-0.25, -0.2) is 0 Å². The lowest BCUT2D eigenvalue weighted by atomic mass is 9.97. The normalized spacial score (nSPS) is 15.2. The SMILES string of the molecule is COC(=O)C1CCN(C(=O)Cn2nnc(-c3ccc(C(C)C)cc3)n2)CC1. The molecule has 2 heterocycles. The summed E-state index contributed by atoms with van der Waals surface area (Å²) < 4.78 is 4.77. The third-order valence-electron chi connectivity index (χ3n) is 4.95. The maximum atomic E-state index is 12.5. The number of likely N-dealkylation sites (tertiary alicyclic amines) is 1. The van der Waals surface area contributed by atoms with Gasteiger partial charge in [-0.15, -0.1) is 10.2 Å². The van der Waals surface area contributed by atoms with Crippen molar-refractivity contribution in [2.75, 3.05) is 20.2 Å². The molecule has 0 atom stereocenters. The van der Waals surface area contributed by atoms with Crippen LogP contribution >= 0.6 is 0 Å². The zero-order valence-electron chi connectivity index (χ0n) is 16.0. The van der Waals surface area contributed by atoms with Crippen molar-refractivity contribution >= 4 is 11.9 Å². The van der Waals surface area contributed by atoms with E-state index in [2.05, 4.69) is 41.4 Å². The van der Waals surface area contributed by atoms with Gasteiger partial charge < -0.3 is 9.64 Å². The molecule has 1 saturated heterocycles. The molecule has 0 spiro atoms. The molecule has 0 bridgehead atoms. The first-order valence-corrected chi connectivity index (χ1v) is 9.21. The number of piperidine rings is 1. The predicted molar refractivity (Wildman–Crippen MR) is 98.7 cm³/mol. The van der Waals surface area contributed by atoms with Gasteiger partial charge in [0.2, 0.25) is 11.7 Å². The van der Waals surface area contributed by atoms with Crippen LogP contribution in [0.3, 0.4) is 0 Å². The highest BCUT2D eigenvalue weighted by atomic mass is 16.5. The lowest BCUT2D eigenvalue weighted by Crippen LogP contribution is -2.42. The van der Waals surface area contributed by atoms with Crippen molar-refractivity contribution in [1.29, 1.82) is 0 Å². The van der Waals surface area contributed by atoms with Crippen LogP contribution < -0.4 is 0 Å². The van der Waals surface area contributed by atoms with Crippen molar-refractivity contribution in [3.05, 3.63) is 29.8 Å². The smallest absolute Gasteiger partial charge is 0.308 e. The molecule has 3 rings (SSSR count). The van der Waals surface area contributed by atoms with Crippen molar-refractivity contribution in [1.82, 2.24) is 25.1 Å². The van der Waals surface area contributed by atoms with Crippen molar-refractivity contribution in [3.63, 3.8) is 0 Å². The topological polar surface area (TPSA) is 90.2 Å². The lowest BCUT2D eigenvalue weighted by molar-refractivity contribution is -0.149. The predicted octanol–water partition coefficient (Wildman–Crippen LogP) is 1.88. The van der Waals surface area contributed by atoms with E-state index in [9.17, 15) is 9.59 Å². The number of amides is 1. The van der Waals surface area contributed by atoms with Gasteiger partial charge in [0, 0.05) is 18.7 Å². The number of methoxy groups -OCH3 is 1. The van der Waals surface area contributed by atoms with Crippen LogP contribution in [0.2, 0.25) is 0 Å². The minimum Gasteiger partial charge on any atom is -0.469 e. The molecule has 1 aromatic carbocycles. The summed E-state index contributed by atoms with van der Waals surface area (Å²) >= 11 is 0. The van der Waals surface area contributed by atoms with Gasteiger partial charge in [0.25, 0.3) is 0 Å². The average molecular weight is 371 g/mol. The van der Waals surface area contributed by atoms with Crippen molar-refractivity contribution in [2.45, 2.75) is 39.2 Å². The first-order valence-electron chi connectivity index (χ1n) is 9.21. The number of rotatable bonds is 5. The standard InChI is InChI=1S/C19H25N5O3/c1-13(2)14-4-6-15(7-5-14)18-20-22-24(21-18)12-17(25)23-10-8-16(9-11-23)19(26)27-3/h4-7,13,16H,8-12H2,1-3H3. The van der Waals surface area contributed by atoms with Crippen molar-refractivity contribution in [3.8, 4) is 11.4 Å². The summed E-state index contributed by atoms with van der Waals surface area (Å²) in [6, 6.07) is 8.04. The van der Waals surface area contributed by atoms with Crippen LogP contribution in [0.25, 0.3) is 11.4 Å². The molecular weight excluding hydrogens is 346 g/mol. The van der Waals surface area contributed by atoms with E-state index in [-0.39, 0.29) is 24.3 Å². The van der Waals surface area contributed by atoms with Crippen LogP contribution in [0.1, 0.15) is 38.2 Å². The van der Waals surface area contributed by atoms with Crippen molar-refractivity contribution in [2.24, 2.45) is 5.92 Å². The molecule has 0 saturated carbocycles. The molecule has 27 heavy (non-hydrogen) atoms. The minimum atomic E-state index is -0.201. The van der Waals surface area contributed by atoms with Crippen LogP contribution in [0.15, 0.2) is 24.3 Å². The summed E-state index contributed by atoms with van der Waals surface area (Å²) in [6.45, 7) is 5.40. The molecule has 1 aromatic heterocycles. The molecule has 144 valence electrons. The van der Waals surface area contributed by atoms with Crippen LogP contribution in [-0.4, -0.2) is 57.2 Å². The Balaban J connectivity index is 1.57. The Morgan fingerprint density at radius 3 is 2.44 bits per heavy atom. The van der Waals surface area contributed by atoms with E-state index in [1.165, 1.54) is 17.5 Å². The van der Waals surface area contributed by atoms with E-state index in [1.54, 1.807) is 4.90 Å². The molecule has 1 amide bonds. The number of carbonyl (C=O) groups excluding carboxylic acids is 2. The third kappa shape index (κ3) is 4.50. The number of hydrogen-bond donors (Lipinski definition) is 0. The Bertz CT molecular complexity index is 792. The van der Waals surface area contributed by atoms with Gasteiger partial charge in [-0.2, -0.15) is 4.80 Å². The molecule has 0 unspecified atom stereocenters. The highest BCUT2D eigenvalue weighted by molar-refractivity contribution is 5.77. The number of carbonyl (C=O) groups is 2. The number of ether oxygens (including phenoxy) is 1. The Hall–Kier alpha value is -2.77. The largest absolute Gasteiger partial charge is 0.469 e. The summed E-state index contributed by atoms with van der Waals surface area (Å²) in [4.78, 5) is 27.1. The quantitative estimate of drug-likeness (QED) is 0.746. The molecule has 0 radical (unpaired) electrons. The molecule has 0 aliphatic carbocycles. The van der Waals surface area contributed by atoms with Crippen LogP contribution in [0.5, 0.6) is 0 Å². The highest BCUT2D eigenvalue weighted by Crippen LogP contribution is 2.20. The summed E-state index contributed by atoms with van der Waals surface area (Å²) in [5.74, 6) is 0.570. The third-order valence-corrected chi connectivity index (χ3v) is 4.95. The maximum absolute atomic E-state index is 12.5. The first kappa shape index (κ1) is 19.0.